The molecule has 3 rings (SSSR count). The lowest BCUT2D eigenvalue weighted by molar-refractivity contribution is -0.127. The normalized spacial score (nSPS) is 16.8. The van der Waals surface area contributed by atoms with Crippen LogP contribution in [0.4, 0.5) is 0 Å². The fourth-order valence-corrected chi connectivity index (χ4v) is 2.55. The molecule has 1 aliphatic heterocycles. The molecule has 1 N–H and O–H groups in total. The van der Waals surface area contributed by atoms with E-state index < -0.39 is 0 Å². The van der Waals surface area contributed by atoms with Crippen LogP contribution in [0.5, 0.6) is 0 Å². The highest BCUT2D eigenvalue weighted by atomic mass is 16.2. The summed E-state index contributed by atoms with van der Waals surface area (Å²) >= 11 is 0. The van der Waals surface area contributed by atoms with E-state index in [0.29, 0.717) is 10.9 Å². The van der Waals surface area contributed by atoms with Crippen molar-refractivity contribution < 1.29 is 4.79 Å². The Morgan fingerprint density at radius 1 is 1.23 bits per heavy atom. The highest BCUT2D eigenvalue weighted by Gasteiger charge is 2.16. The van der Waals surface area contributed by atoms with Crippen LogP contribution in [0.3, 0.4) is 0 Å². The number of likely N-dealkylation sites (N-methyl/N-ethyl adjacent to an activating group) is 1. The fraction of sp³-hybridized carbons (Fsp3) is 0.400. The maximum atomic E-state index is 12.2. The molecule has 0 aliphatic carbocycles. The van der Waals surface area contributed by atoms with Crippen LogP contribution in [0.2, 0.25) is 0 Å². The summed E-state index contributed by atoms with van der Waals surface area (Å²) in [5, 5.41) is 6.57. The van der Waals surface area contributed by atoms with Gasteiger partial charge in [-0.2, -0.15) is 5.10 Å². The second-order valence-corrected chi connectivity index (χ2v) is 5.51. The van der Waals surface area contributed by atoms with E-state index in [0.717, 1.165) is 26.2 Å². The number of rotatable bonds is 3. The Hall–Kier alpha value is -2.25. The third-order valence-electron chi connectivity index (χ3n) is 3.84. The van der Waals surface area contributed by atoms with Crippen molar-refractivity contribution in [3.05, 3.63) is 40.7 Å². The van der Waals surface area contributed by atoms with Gasteiger partial charge in [-0.3, -0.25) is 19.7 Å². The average Bonchev–Trinajstić information content (AvgIpc) is 2.53. The summed E-state index contributed by atoms with van der Waals surface area (Å²) in [6, 6.07) is 7.18. The molecule has 2 aromatic rings. The van der Waals surface area contributed by atoms with Gasteiger partial charge in [0.15, 0.2) is 0 Å². The zero-order valence-corrected chi connectivity index (χ0v) is 12.5. The summed E-state index contributed by atoms with van der Waals surface area (Å²) in [5.74, 6) is -0.133. The van der Waals surface area contributed by atoms with Crippen LogP contribution in [0.1, 0.15) is 0 Å². The van der Waals surface area contributed by atoms with E-state index >= 15 is 0 Å². The van der Waals surface area contributed by atoms with Gasteiger partial charge in [0.2, 0.25) is 5.43 Å². The molecule has 1 fully saturated rings. The standard InChI is InChI=1S/C15H19N5O2/c1-18-6-8-19(9-7-18)17-15(22)11-20-13-5-3-2-4-12(13)14(21)10-16-20/h2-5,10H,6-9,11H2,1H3,(H,17,22). The van der Waals surface area contributed by atoms with Gasteiger partial charge in [-0.15, -0.1) is 0 Å². The zero-order chi connectivity index (χ0) is 15.5. The van der Waals surface area contributed by atoms with Gasteiger partial charge in [0.25, 0.3) is 5.91 Å². The minimum absolute atomic E-state index is 0.0904. The minimum Gasteiger partial charge on any atom is -0.304 e. The molecule has 1 aromatic carbocycles. The summed E-state index contributed by atoms with van der Waals surface area (Å²) in [6.45, 7) is 3.56. The Kier molecular flexibility index (Phi) is 4.17. The second-order valence-electron chi connectivity index (χ2n) is 5.51. The smallest absolute Gasteiger partial charge is 0.256 e. The predicted molar refractivity (Wildman–Crippen MR) is 83.2 cm³/mol. The first-order valence-electron chi connectivity index (χ1n) is 7.31. The molecule has 0 atom stereocenters. The first-order valence-corrected chi connectivity index (χ1v) is 7.31. The number of aromatic nitrogens is 2. The molecule has 1 aliphatic rings. The number of nitrogens with one attached hydrogen (secondary N) is 1. The molecule has 0 unspecified atom stereocenters. The van der Waals surface area contributed by atoms with Crippen molar-refractivity contribution in [1.82, 2.24) is 25.1 Å². The summed E-state index contributed by atoms with van der Waals surface area (Å²) in [5.41, 5.74) is 3.43. The Balaban J connectivity index is 1.72. The number of para-hydroxylation sites is 1. The quantitative estimate of drug-likeness (QED) is 0.841. The van der Waals surface area contributed by atoms with Crippen molar-refractivity contribution in [3.8, 4) is 0 Å². The topological polar surface area (TPSA) is 70.5 Å². The maximum absolute atomic E-state index is 12.2. The van der Waals surface area contributed by atoms with Gasteiger partial charge in [0.1, 0.15) is 6.54 Å². The van der Waals surface area contributed by atoms with Crippen LogP contribution in [0, 0.1) is 0 Å². The molecule has 1 aromatic heterocycles. The Morgan fingerprint density at radius 3 is 2.73 bits per heavy atom. The van der Waals surface area contributed by atoms with Gasteiger partial charge in [-0.25, -0.2) is 5.01 Å². The zero-order valence-electron chi connectivity index (χ0n) is 12.5. The number of carbonyl (C=O) groups excluding carboxylic acids is 1. The number of nitrogens with zero attached hydrogens (tertiary/aromatic N) is 4. The maximum Gasteiger partial charge on any atom is 0.256 e. The number of amides is 1. The van der Waals surface area contributed by atoms with Crippen LogP contribution in [-0.4, -0.2) is 58.8 Å². The number of hydrazine groups is 1. The minimum atomic E-state index is -0.133. The second kappa shape index (κ2) is 6.25. The molecule has 22 heavy (non-hydrogen) atoms. The number of benzene rings is 1. The molecular weight excluding hydrogens is 282 g/mol. The lowest BCUT2D eigenvalue weighted by Gasteiger charge is -2.32. The Labute approximate surface area is 128 Å². The first kappa shape index (κ1) is 14.7. The summed E-state index contributed by atoms with van der Waals surface area (Å²) in [4.78, 5) is 26.2. The highest BCUT2D eigenvalue weighted by Crippen LogP contribution is 2.07. The Morgan fingerprint density at radius 2 is 1.95 bits per heavy atom. The van der Waals surface area contributed by atoms with E-state index in [9.17, 15) is 9.59 Å². The van der Waals surface area contributed by atoms with Crippen LogP contribution >= 0.6 is 0 Å². The molecule has 0 saturated carbocycles. The van der Waals surface area contributed by atoms with Crippen LogP contribution in [0.25, 0.3) is 10.9 Å². The molecule has 2 heterocycles. The lowest BCUT2D eigenvalue weighted by Crippen LogP contribution is -2.53. The number of piperazine rings is 1. The van der Waals surface area contributed by atoms with Gasteiger partial charge in [-0.05, 0) is 19.2 Å². The van der Waals surface area contributed by atoms with Gasteiger partial charge in [0, 0.05) is 31.6 Å². The van der Waals surface area contributed by atoms with E-state index in [1.54, 1.807) is 22.9 Å². The number of hydrogen-bond donors (Lipinski definition) is 1. The largest absolute Gasteiger partial charge is 0.304 e. The average molecular weight is 301 g/mol. The summed E-state index contributed by atoms with van der Waals surface area (Å²) in [7, 11) is 2.07. The fourth-order valence-electron chi connectivity index (χ4n) is 2.55. The molecule has 1 amide bonds. The van der Waals surface area contributed by atoms with Crippen LogP contribution < -0.4 is 10.9 Å². The first-order chi connectivity index (χ1) is 10.6. The van der Waals surface area contributed by atoms with Gasteiger partial charge in [0.05, 0.1) is 11.7 Å². The highest BCUT2D eigenvalue weighted by molar-refractivity contribution is 5.81. The molecule has 0 bridgehead atoms. The molecule has 0 radical (unpaired) electrons. The molecule has 1 saturated heterocycles. The SMILES string of the molecule is CN1CCN(NC(=O)Cn2ncc(=O)c3ccccc32)CC1. The molecule has 7 heteroatoms. The van der Waals surface area contributed by atoms with E-state index in [-0.39, 0.29) is 17.9 Å². The summed E-state index contributed by atoms with van der Waals surface area (Å²) < 4.78 is 1.56. The summed E-state index contributed by atoms with van der Waals surface area (Å²) in [6.07, 6.45) is 1.26. The third-order valence-corrected chi connectivity index (χ3v) is 3.84. The third kappa shape index (κ3) is 3.15. The van der Waals surface area contributed by atoms with E-state index in [2.05, 4.69) is 22.5 Å². The van der Waals surface area contributed by atoms with Gasteiger partial charge >= 0.3 is 0 Å². The Bertz CT molecular complexity index is 734. The number of hydrogen-bond acceptors (Lipinski definition) is 5. The molecule has 116 valence electrons. The van der Waals surface area contributed by atoms with Crippen LogP contribution in [0.15, 0.2) is 35.3 Å². The van der Waals surface area contributed by atoms with Crippen molar-refractivity contribution in [2.45, 2.75) is 6.54 Å². The van der Waals surface area contributed by atoms with Crippen molar-refractivity contribution in [2.75, 3.05) is 33.2 Å². The predicted octanol–water partition coefficient (Wildman–Crippen LogP) is -0.325. The van der Waals surface area contributed by atoms with E-state index in [4.69, 9.17) is 0 Å². The van der Waals surface area contributed by atoms with Crippen LogP contribution in [-0.2, 0) is 11.3 Å². The van der Waals surface area contributed by atoms with Gasteiger partial charge < -0.3 is 4.90 Å². The van der Waals surface area contributed by atoms with Crippen molar-refractivity contribution in [1.29, 1.82) is 0 Å². The molecular formula is C15H19N5O2. The van der Waals surface area contributed by atoms with E-state index in [1.165, 1.54) is 6.20 Å². The van der Waals surface area contributed by atoms with Crippen molar-refractivity contribution in [2.24, 2.45) is 0 Å². The van der Waals surface area contributed by atoms with E-state index in [1.807, 2.05) is 11.1 Å². The number of fused-ring (bicyclic) bond motifs is 1. The molecule has 7 nitrogen and oxygen atoms in total. The number of carbonyl (C=O) groups is 1. The monoisotopic (exact) mass is 301 g/mol. The lowest BCUT2D eigenvalue weighted by atomic mass is 10.2. The van der Waals surface area contributed by atoms with Crippen molar-refractivity contribution in [3.63, 3.8) is 0 Å². The molecule has 0 spiro atoms. The van der Waals surface area contributed by atoms with Gasteiger partial charge in [-0.1, -0.05) is 12.1 Å². The van der Waals surface area contributed by atoms with Crippen molar-refractivity contribution >= 4 is 16.8 Å².